The molecule has 0 aromatic heterocycles. The Morgan fingerprint density at radius 2 is 2.00 bits per heavy atom. The molecule has 0 radical (unpaired) electrons. The summed E-state index contributed by atoms with van der Waals surface area (Å²) in [7, 11) is 4.06. The van der Waals surface area contributed by atoms with E-state index in [4.69, 9.17) is 0 Å². The number of thioether (sulfide) groups is 1. The third-order valence-electron chi connectivity index (χ3n) is 1.97. The second-order valence-corrected chi connectivity index (χ2v) is 4.88. The smallest absolute Gasteiger partial charge is 0.234 e. The second kappa shape index (κ2) is 7.30. The van der Waals surface area contributed by atoms with Crippen LogP contribution in [0.3, 0.4) is 0 Å². The van der Waals surface area contributed by atoms with Crippen LogP contribution >= 0.6 is 11.8 Å². The van der Waals surface area contributed by atoms with Gasteiger partial charge in [-0.1, -0.05) is 18.2 Å². The average molecular weight is 238 g/mol. The van der Waals surface area contributed by atoms with Crippen molar-refractivity contribution in [2.24, 2.45) is 0 Å². The summed E-state index contributed by atoms with van der Waals surface area (Å²) in [6.07, 6.45) is 0. The van der Waals surface area contributed by atoms with Crippen LogP contribution in [0.25, 0.3) is 0 Å². The van der Waals surface area contributed by atoms with E-state index in [-0.39, 0.29) is 5.91 Å². The Morgan fingerprint density at radius 3 is 2.62 bits per heavy atom. The van der Waals surface area contributed by atoms with E-state index in [1.54, 1.807) is 11.8 Å². The standard InChI is InChI=1S/C12H18N2OS/c1-14(2)8-9-16-10-12(15)13-11-6-4-3-5-7-11/h3-7H,8-10H2,1-2H3,(H,13,15). The van der Waals surface area contributed by atoms with Gasteiger partial charge >= 0.3 is 0 Å². The van der Waals surface area contributed by atoms with Crippen LogP contribution in [0.5, 0.6) is 0 Å². The summed E-state index contributed by atoms with van der Waals surface area (Å²) in [5.41, 5.74) is 0.862. The van der Waals surface area contributed by atoms with E-state index in [9.17, 15) is 4.79 Å². The molecule has 0 aliphatic carbocycles. The molecule has 4 heteroatoms. The van der Waals surface area contributed by atoms with Crippen molar-refractivity contribution < 1.29 is 4.79 Å². The fourth-order valence-corrected chi connectivity index (χ4v) is 2.03. The average Bonchev–Trinajstić information content (AvgIpc) is 2.25. The minimum Gasteiger partial charge on any atom is -0.325 e. The first kappa shape index (κ1) is 13.1. The van der Waals surface area contributed by atoms with E-state index in [1.165, 1.54) is 0 Å². The molecule has 1 amide bonds. The van der Waals surface area contributed by atoms with Crippen molar-refractivity contribution in [3.63, 3.8) is 0 Å². The zero-order valence-corrected chi connectivity index (χ0v) is 10.6. The molecule has 0 atom stereocenters. The van der Waals surface area contributed by atoms with Gasteiger partial charge in [0.1, 0.15) is 0 Å². The van der Waals surface area contributed by atoms with Gasteiger partial charge in [0.2, 0.25) is 5.91 Å². The summed E-state index contributed by atoms with van der Waals surface area (Å²) in [5, 5.41) is 2.86. The van der Waals surface area contributed by atoms with Gasteiger partial charge in [0.25, 0.3) is 0 Å². The van der Waals surface area contributed by atoms with E-state index in [0.29, 0.717) is 5.75 Å². The van der Waals surface area contributed by atoms with Gasteiger partial charge in [-0.25, -0.2) is 0 Å². The Kier molecular flexibility index (Phi) is 5.96. The predicted octanol–water partition coefficient (Wildman–Crippen LogP) is 1.92. The third-order valence-corrected chi connectivity index (χ3v) is 2.91. The van der Waals surface area contributed by atoms with Gasteiger partial charge in [0, 0.05) is 18.0 Å². The van der Waals surface area contributed by atoms with Crippen LogP contribution in [0, 0.1) is 0 Å². The van der Waals surface area contributed by atoms with E-state index >= 15 is 0 Å². The molecule has 0 fully saturated rings. The lowest BCUT2D eigenvalue weighted by atomic mass is 10.3. The molecule has 1 aromatic carbocycles. The highest BCUT2D eigenvalue weighted by Gasteiger charge is 2.01. The lowest BCUT2D eigenvalue weighted by molar-refractivity contribution is -0.113. The van der Waals surface area contributed by atoms with Crippen molar-refractivity contribution >= 4 is 23.4 Å². The number of carbonyl (C=O) groups is 1. The number of rotatable bonds is 6. The van der Waals surface area contributed by atoms with Crippen LogP contribution < -0.4 is 5.32 Å². The number of hydrogen-bond acceptors (Lipinski definition) is 3. The molecule has 0 aliphatic heterocycles. The maximum atomic E-state index is 11.5. The number of para-hydroxylation sites is 1. The van der Waals surface area contributed by atoms with Crippen LogP contribution in [0.2, 0.25) is 0 Å². The van der Waals surface area contributed by atoms with Crippen molar-refractivity contribution in [3.05, 3.63) is 30.3 Å². The van der Waals surface area contributed by atoms with Gasteiger partial charge in [-0.3, -0.25) is 4.79 Å². The van der Waals surface area contributed by atoms with Crippen molar-refractivity contribution in [3.8, 4) is 0 Å². The summed E-state index contributed by atoms with van der Waals surface area (Å²) >= 11 is 1.66. The predicted molar refractivity (Wildman–Crippen MR) is 71.0 cm³/mol. The van der Waals surface area contributed by atoms with E-state index in [1.807, 2.05) is 44.4 Å². The molecule has 0 bridgehead atoms. The highest BCUT2D eigenvalue weighted by molar-refractivity contribution is 7.99. The van der Waals surface area contributed by atoms with Gasteiger partial charge in [0.05, 0.1) is 5.75 Å². The molecule has 0 spiro atoms. The van der Waals surface area contributed by atoms with E-state index < -0.39 is 0 Å². The number of nitrogens with one attached hydrogen (secondary N) is 1. The maximum Gasteiger partial charge on any atom is 0.234 e. The molecule has 1 rings (SSSR count). The zero-order valence-electron chi connectivity index (χ0n) is 9.77. The maximum absolute atomic E-state index is 11.5. The van der Waals surface area contributed by atoms with Gasteiger partial charge < -0.3 is 10.2 Å². The molecule has 0 saturated heterocycles. The van der Waals surface area contributed by atoms with Crippen molar-refractivity contribution in [2.45, 2.75) is 0 Å². The summed E-state index contributed by atoms with van der Waals surface area (Å²) in [5.74, 6) is 1.56. The molecule has 0 unspecified atom stereocenters. The van der Waals surface area contributed by atoms with Crippen LogP contribution in [-0.2, 0) is 4.79 Å². The fourth-order valence-electron chi connectivity index (χ4n) is 1.13. The molecule has 0 heterocycles. The highest BCUT2D eigenvalue weighted by atomic mass is 32.2. The number of nitrogens with zero attached hydrogens (tertiary/aromatic N) is 1. The van der Waals surface area contributed by atoms with E-state index in [2.05, 4.69) is 10.2 Å². The SMILES string of the molecule is CN(C)CCSCC(=O)Nc1ccccc1. The van der Waals surface area contributed by atoms with Crippen molar-refractivity contribution in [1.82, 2.24) is 4.90 Å². The summed E-state index contributed by atoms with van der Waals surface area (Å²) in [6.45, 7) is 1.00. The van der Waals surface area contributed by atoms with Crippen LogP contribution in [0.15, 0.2) is 30.3 Å². The molecule has 0 saturated carbocycles. The van der Waals surface area contributed by atoms with Gasteiger partial charge in [0.15, 0.2) is 0 Å². The largest absolute Gasteiger partial charge is 0.325 e. The minimum absolute atomic E-state index is 0.0648. The number of carbonyl (C=O) groups excluding carboxylic acids is 1. The van der Waals surface area contributed by atoms with Crippen LogP contribution in [0.1, 0.15) is 0 Å². The minimum atomic E-state index is 0.0648. The number of amides is 1. The Hall–Kier alpha value is -1.00. The molecule has 3 nitrogen and oxygen atoms in total. The topological polar surface area (TPSA) is 32.3 Å². The first-order valence-corrected chi connectivity index (χ1v) is 6.41. The molecule has 88 valence electrons. The molecule has 1 aromatic rings. The Labute approximate surface area is 101 Å². The van der Waals surface area contributed by atoms with Crippen molar-refractivity contribution in [1.29, 1.82) is 0 Å². The Bertz CT molecular complexity index is 314. The Morgan fingerprint density at radius 1 is 1.31 bits per heavy atom. The van der Waals surface area contributed by atoms with Gasteiger partial charge in [-0.05, 0) is 26.2 Å². The number of anilines is 1. The van der Waals surface area contributed by atoms with Crippen molar-refractivity contribution in [2.75, 3.05) is 37.5 Å². The normalized spacial score (nSPS) is 10.4. The monoisotopic (exact) mass is 238 g/mol. The van der Waals surface area contributed by atoms with Crippen LogP contribution in [-0.4, -0.2) is 43.0 Å². The lowest BCUT2D eigenvalue weighted by Crippen LogP contribution is -2.18. The highest BCUT2D eigenvalue weighted by Crippen LogP contribution is 2.06. The zero-order chi connectivity index (χ0) is 11.8. The van der Waals surface area contributed by atoms with Gasteiger partial charge in [-0.2, -0.15) is 11.8 Å². The van der Waals surface area contributed by atoms with E-state index in [0.717, 1.165) is 18.0 Å². The molecule has 1 N–H and O–H groups in total. The van der Waals surface area contributed by atoms with Crippen LogP contribution in [0.4, 0.5) is 5.69 Å². The number of hydrogen-bond donors (Lipinski definition) is 1. The summed E-state index contributed by atoms with van der Waals surface area (Å²) in [6, 6.07) is 9.54. The third kappa shape index (κ3) is 5.78. The first-order valence-electron chi connectivity index (χ1n) is 5.26. The Balaban J connectivity index is 2.17. The molecule has 0 aliphatic rings. The fraction of sp³-hybridized carbons (Fsp3) is 0.417. The molecule has 16 heavy (non-hydrogen) atoms. The first-order chi connectivity index (χ1) is 7.68. The molecular weight excluding hydrogens is 220 g/mol. The summed E-state index contributed by atoms with van der Waals surface area (Å²) in [4.78, 5) is 13.6. The lowest BCUT2D eigenvalue weighted by Gasteiger charge is -2.08. The number of benzene rings is 1. The quantitative estimate of drug-likeness (QED) is 0.769. The summed E-state index contributed by atoms with van der Waals surface area (Å²) < 4.78 is 0. The second-order valence-electron chi connectivity index (χ2n) is 3.77. The van der Waals surface area contributed by atoms with Gasteiger partial charge in [-0.15, -0.1) is 0 Å². The molecular formula is C12H18N2OS.